The van der Waals surface area contributed by atoms with Gasteiger partial charge in [-0.05, 0) is 23.3 Å². The molecule has 1 amide bonds. The molecule has 6 nitrogen and oxygen atoms in total. The maximum Gasteiger partial charge on any atom is 0.242 e. The molecule has 0 fully saturated rings. The Hall–Kier alpha value is -2.99. The molecule has 2 aromatic carbocycles. The van der Waals surface area contributed by atoms with E-state index in [4.69, 9.17) is 4.74 Å². The molecule has 3 aromatic rings. The standard InChI is InChI=1S/C19H19N3O3/c1-25-13-15-7-3-2-6-14(15)10-20-19(24)12-22-17-9-5-4-8-16(17)18(23)11-21-22/h2-9,11H,10,12-13H2,1H3,(H,20,24). The van der Waals surface area contributed by atoms with Gasteiger partial charge in [0.25, 0.3) is 0 Å². The van der Waals surface area contributed by atoms with Crippen molar-refractivity contribution >= 4 is 16.8 Å². The van der Waals surface area contributed by atoms with E-state index in [2.05, 4.69) is 10.4 Å². The first-order valence-electron chi connectivity index (χ1n) is 7.96. The van der Waals surface area contributed by atoms with Gasteiger partial charge < -0.3 is 10.1 Å². The van der Waals surface area contributed by atoms with E-state index >= 15 is 0 Å². The second-order valence-corrected chi connectivity index (χ2v) is 5.66. The first-order valence-corrected chi connectivity index (χ1v) is 7.96. The van der Waals surface area contributed by atoms with Crippen LogP contribution in [0, 0.1) is 0 Å². The van der Waals surface area contributed by atoms with Crippen LogP contribution in [0.15, 0.2) is 59.5 Å². The lowest BCUT2D eigenvalue weighted by atomic mass is 10.1. The number of hydrogen-bond acceptors (Lipinski definition) is 4. The Morgan fingerprint density at radius 2 is 1.84 bits per heavy atom. The molecule has 128 valence electrons. The average molecular weight is 337 g/mol. The normalized spacial score (nSPS) is 10.8. The molecule has 25 heavy (non-hydrogen) atoms. The van der Waals surface area contributed by atoms with Crippen molar-refractivity contribution in [2.75, 3.05) is 7.11 Å². The van der Waals surface area contributed by atoms with Crippen LogP contribution in [0.25, 0.3) is 10.9 Å². The van der Waals surface area contributed by atoms with E-state index in [0.717, 1.165) is 11.1 Å². The summed E-state index contributed by atoms with van der Waals surface area (Å²) in [7, 11) is 1.64. The number of para-hydroxylation sites is 1. The van der Waals surface area contributed by atoms with E-state index in [0.29, 0.717) is 24.1 Å². The van der Waals surface area contributed by atoms with E-state index < -0.39 is 0 Å². The predicted octanol–water partition coefficient (Wildman–Crippen LogP) is 1.86. The number of aromatic nitrogens is 2. The Bertz CT molecular complexity index is 950. The van der Waals surface area contributed by atoms with Gasteiger partial charge in [0.15, 0.2) is 0 Å². The fourth-order valence-corrected chi connectivity index (χ4v) is 2.70. The highest BCUT2D eigenvalue weighted by Crippen LogP contribution is 2.10. The summed E-state index contributed by atoms with van der Waals surface area (Å²) in [6, 6.07) is 14.9. The number of fused-ring (bicyclic) bond motifs is 1. The minimum atomic E-state index is -0.173. The zero-order valence-electron chi connectivity index (χ0n) is 13.9. The van der Waals surface area contributed by atoms with Crippen molar-refractivity contribution in [2.45, 2.75) is 19.7 Å². The van der Waals surface area contributed by atoms with Gasteiger partial charge in [-0.25, -0.2) is 0 Å². The molecule has 0 aliphatic heterocycles. The van der Waals surface area contributed by atoms with Crippen LogP contribution in [0.4, 0.5) is 0 Å². The molecule has 0 atom stereocenters. The van der Waals surface area contributed by atoms with Crippen LogP contribution < -0.4 is 10.7 Å². The summed E-state index contributed by atoms with van der Waals surface area (Å²) < 4.78 is 6.71. The topological polar surface area (TPSA) is 73.2 Å². The molecule has 0 saturated heterocycles. The molecular weight excluding hydrogens is 318 g/mol. The Labute approximate surface area is 145 Å². The Balaban J connectivity index is 1.72. The Morgan fingerprint density at radius 1 is 1.12 bits per heavy atom. The molecule has 1 heterocycles. The quantitative estimate of drug-likeness (QED) is 0.745. The molecule has 3 rings (SSSR count). The number of nitrogens with one attached hydrogen (secondary N) is 1. The lowest BCUT2D eigenvalue weighted by Crippen LogP contribution is -2.29. The first-order chi connectivity index (χ1) is 12.2. The summed E-state index contributed by atoms with van der Waals surface area (Å²) in [5, 5.41) is 7.52. The summed E-state index contributed by atoms with van der Waals surface area (Å²) in [6.45, 7) is 0.960. The van der Waals surface area contributed by atoms with Gasteiger partial charge in [-0.15, -0.1) is 0 Å². The first kappa shape index (κ1) is 16.9. The van der Waals surface area contributed by atoms with E-state index in [1.807, 2.05) is 30.3 Å². The fourth-order valence-electron chi connectivity index (χ4n) is 2.70. The summed E-state index contributed by atoms with van der Waals surface area (Å²) in [5.74, 6) is -0.173. The maximum absolute atomic E-state index is 12.3. The highest BCUT2D eigenvalue weighted by molar-refractivity contribution is 5.81. The third kappa shape index (κ3) is 3.92. The molecule has 0 radical (unpaired) electrons. The van der Waals surface area contributed by atoms with Gasteiger partial charge in [-0.1, -0.05) is 36.4 Å². The maximum atomic E-state index is 12.3. The lowest BCUT2D eigenvalue weighted by molar-refractivity contribution is -0.121. The van der Waals surface area contributed by atoms with Crippen molar-refractivity contribution in [2.24, 2.45) is 0 Å². The van der Waals surface area contributed by atoms with Crippen LogP contribution in [0.3, 0.4) is 0 Å². The lowest BCUT2D eigenvalue weighted by Gasteiger charge is -2.12. The van der Waals surface area contributed by atoms with Gasteiger partial charge in [0.2, 0.25) is 11.3 Å². The second-order valence-electron chi connectivity index (χ2n) is 5.66. The van der Waals surface area contributed by atoms with Crippen molar-refractivity contribution in [1.82, 2.24) is 15.1 Å². The minimum Gasteiger partial charge on any atom is -0.380 e. The summed E-state index contributed by atoms with van der Waals surface area (Å²) in [5.41, 5.74) is 2.54. The van der Waals surface area contributed by atoms with Gasteiger partial charge in [-0.2, -0.15) is 5.10 Å². The zero-order chi connectivity index (χ0) is 17.6. The van der Waals surface area contributed by atoms with Crippen molar-refractivity contribution in [1.29, 1.82) is 0 Å². The van der Waals surface area contributed by atoms with Gasteiger partial charge in [-0.3, -0.25) is 14.3 Å². The highest BCUT2D eigenvalue weighted by Gasteiger charge is 2.09. The van der Waals surface area contributed by atoms with E-state index in [9.17, 15) is 9.59 Å². The molecule has 0 aliphatic rings. The smallest absolute Gasteiger partial charge is 0.242 e. The van der Waals surface area contributed by atoms with Crippen molar-refractivity contribution in [3.8, 4) is 0 Å². The van der Waals surface area contributed by atoms with Crippen molar-refractivity contribution < 1.29 is 9.53 Å². The SMILES string of the molecule is COCc1ccccc1CNC(=O)Cn1ncc(=O)c2ccccc21. The molecule has 0 saturated carbocycles. The van der Waals surface area contributed by atoms with Crippen molar-refractivity contribution in [3.63, 3.8) is 0 Å². The molecule has 1 N–H and O–H groups in total. The molecule has 1 aromatic heterocycles. The van der Waals surface area contributed by atoms with Crippen molar-refractivity contribution in [3.05, 3.63) is 76.1 Å². The van der Waals surface area contributed by atoms with E-state index in [1.165, 1.54) is 10.9 Å². The third-order valence-electron chi connectivity index (χ3n) is 3.95. The van der Waals surface area contributed by atoms with Crippen LogP contribution in [0.2, 0.25) is 0 Å². The minimum absolute atomic E-state index is 0.0488. The number of ether oxygens (including phenoxy) is 1. The molecule has 0 bridgehead atoms. The number of rotatable bonds is 6. The number of carbonyl (C=O) groups excluding carboxylic acids is 1. The highest BCUT2D eigenvalue weighted by atomic mass is 16.5. The second kappa shape index (κ2) is 7.72. The van der Waals surface area contributed by atoms with Crippen LogP contribution in [0.1, 0.15) is 11.1 Å². The van der Waals surface area contributed by atoms with Crippen LogP contribution in [-0.4, -0.2) is 22.8 Å². The number of benzene rings is 2. The van der Waals surface area contributed by atoms with Crippen LogP contribution in [0.5, 0.6) is 0 Å². The third-order valence-corrected chi connectivity index (χ3v) is 3.95. The molecule has 6 heteroatoms. The van der Waals surface area contributed by atoms with Gasteiger partial charge in [0, 0.05) is 19.0 Å². The number of carbonyl (C=O) groups is 1. The van der Waals surface area contributed by atoms with E-state index in [1.54, 1.807) is 25.3 Å². The fraction of sp³-hybridized carbons (Fsp3) is 0.211. The van der Waals surface area contributed by atoms with Gasteiger partial charge in [0.05, 0.1) is 18.3 Å². The number of hydrogen-bond donors (Lipinski definition) is 1. The summed E-state index contributed by atoms with van der Waals surface area (Å²) in [4.78, 5) is 24.1. The number of amides is 1. The zero-order valence-corrected chi connectivity index (χ0v) is 13.9. The predicted molar refractivity (Wildman–Crippen MR) is 95.0 cm³/mol. The largest absolute Gasteiger partial charge is 0.380 e. The molecular formula is C19H19N3O3. The number of methoxy groups -OCH3 is 1. The van der Waals surface area contributed by atoms with Crippen LogP contribution >= 0.6 is 0 Å². The van der Waals surface area contributed by atoms with Gasteiger partial charge in [0.1, 0.15) is 6.54 Å². The summed E-state index contributed by atoms with van der Waals surface area (Å²) in [6.07, 6.45) is 1.24. The number of nitrogens with zero attached hydrogens (tertiary/aromatic N) is 2. The van der Waals surface area contributed by atoms with E-state index in [-0.39, 0.29) is 17.9 Å². The van der Waals surface area contributed by atoms with Crippen LogP contribution in [-0.2, 0) is 29.2 Å². The Morgan fingerprint density at radius 3 is 2.64 bits per heavy atom. The molecule has 0 spiro atoms. The molecule has 0 aliphatic carbocycles. The monoisotopic (exact) mass is 337 g/mol. The molecule has 0 unspecified atom stereocenters. The summed E-state index contributed by atoms with van der Waals surface area (Å²) >= 11 is 0. The Kier molecular flexibility index (Phi) is 5.20. The average Bonchev–Trinajstić information content (AvgIpc) is 2.64. The van der Waals surface area contributed by atoms with Gasteiger partial charge >= 0.3 is 0 Å².